The molecule has 0 bridgehead atoms. The van der Waals surface area contributed by atoms with Gasteiger partial charge in [-0.1, -0.05) is 48.5 Å². The quantitative estimate of drug-likeness (QED) is 0.318. The maximum absolute atomic E-state index is 10.3. The molecule has 4 aromatic rings. The molecule has 1 aliphatic carbocycles. The second-order valence-corrected chi connectivity index (χ2v) is 6.22. The summed E-state index contributed by atoms with van der Waals surface area (Å²) in [5.74, 6) is -0.241. The molecule has 0 aliphatic heterocycles. The van der Waals surface area contributed by atoms with Crippen LogP contribution < -0.4 is 0 Å². The third-order valence-corrected chi connectivity index (χ3v) is 4.39. The highest BCUT2D eigenvalue weighted by molar-refractivity contribution is 6.14. The van der Waals surface area contributed by atoms with E-state index in [-0.39, 0.29) is 11.6 Å². The number of hydrogen-bond acceptors (Lipinski definition) is 2. The van der Waals surface area contributed by atoms with Crippen LogP contribution in [0.1, 0.15) is 0 Å². The molecule has 0 aromatic heterocycles. The number of fused-ring (bicyclic) bond motifs is 3. The summed E-state index contributed by atoms with van der Waals surface area (Å²) in [5.41, 5.74) is 0. The second-order valence-electron chi connectivity index (χ2n) is 6.22. The molecule has 0 heterocycles. The predicted molar refractivity (Wildman–Crippen MR) is 107 cm³/mol. The third-order valence-electron chi connectivity index (χ3n) is 4.39. The van der Waals surface area contributed by atoms with E-state index in [2.05, 4.69) is 72.8 Å². The molecule has 0 unspecified atom stereocenters. The maximum atomic E-state index is 10.3. The molecule has 2 heteroatoms. The van der Waals surface area contributed by atoms with Crippen LogP contribution in [0.3, 0.4) is 0 Å². The topological polar surface area (TPSA) is 34.1 Å². The fraction of sp³-hybridized carbons (Fsp3) is 0. The van der Waals surface area contributed by atoms with Crippen LogP contribution in [0.4, 0.5) is 0 Å². The second kappa shape index (κ2) is 6.77. The van der Waals surface area contributed by atoms with Crippen LogP contribution in [0, 0.1) is 0 Å². The number of rotatable bonds is 0. The molecule has 1 aliphatic rings. The van der Waals surface area contributed by atoms with E-state index < -0.39 is 0 Å². The molecule has 4 aromatic carbocycles. The summed E-state index contributed by atoms with van der Waals surface area (Å²) < 4.78 is 0. The summed E-state index contributed by atoms with van der Waals surface area (Å²) in [4.78, 5) is 20.6. The summed E-state index contributed by atoms with van der Waals surface area (Å²) in [7, 11) is 0. The number of allylic oxidation sites excluding steroid dienone is 4. The lowest BCUT2D eigenvalue weighted by atomic mass is 10.00. The van der Waals surface area contributed by atoms with E-state index in [0.29, 0.717) is 0 Å². The van der Waals surface area contributed by atoms with Crippen LogP contribution in [-0.4, -0.2) is 11.6 Å². The normalized spacial score (nSPS) is 13.2. The van der Waals surface area contributed by atoms with Gasteiger partial charge < -0.3 is 0 Å². The molecule has 0 fully saturated rings. The molecule has 0 atom stereocenters. The molecule has 124 valence electrons. The molecular weight excluding hydrogens is 320 g/mol. The zero-order chi connectivity index (χ0) is 17.9. The molecule has 0 N–H and O–H groups in total. The molecule has 0 saturated carbocycles. The predicted octanol–water partition coefficient (Wildman–Crippen LogP) is 5.40. The Labute approximate surface area is 151 Å². The minimum atomic E-state index is -0.121. The van der Waals surface area contributed by atoms with Crippen molar-refractivity contribution in [2.75, 3.05) is 0 Å². The van der Waals surface area contributed by atoms with Crippen molar-refractivity contribution in [3.8, 4) is 0 Å². The molecular formula is C24H16O2. The van der Waals surface area contributed by atoms with Gasteiger partial charge in [0.25, 0.3) is 0 Å². The zero-order valence-electron chi connectivity index (χ0n) is 14.1. The van der Waals surface area contributed by atoms with Gasteiger partial charge in [0.2, 0.25) is 0 Å². The molecule has 5 rings (SSSR count). The lowest BCUT2D eigenvalue weighted by Crippen LogP contribution is -1.97. The van der Waals surface area contributed by atoms with E-state index in [1.165, 1.54) is 56.6 Å². The lowest BCUT2D eigenvalue weighted by molar-refractivity contribution is -0.113. The molecule has 0 saturated heterocycles. The van der Waals surface area contributed by atoms with Gasteiger partial charge in [-0.05, 0) is 80.9 Å². The molecule has 2 nitrogen and oxygen atoms in total. The Kier molecular flexibility index (Phi) is 4.16. The summed E-state index contributed by atoms with van der Waals surface area (Å²) in [6.45, 7) is 0. The van der Waals surface area contributed by atoms with Crippen LogP contribution >= 0.6 is 0 Å². The maximum Gasteiger partial charge on any atom is 0.178 e. The standard InChI is InChI=1S/C18H12.C6H4O2/c1-2-6-14-10-18-12-16-8-4-3-7-15(16)11-17(18)9-13(14)5-1;7-5-1-2-6(8)4-3-5/h1-12H;1-4H. The molecule has 0 spiro atoms. The average Bonchev–Trinajstić information content (AvgIpc) is 2.67. The van der Waals surface area contributed by atoms with Gasteiger partial charge in [-0.25, -0.2) is 0 Å². The summed E-state index contributed by atoms with van der Waals surface area (Å²) in [6, 6.07) is 26.2. The highest BCUT2D eigenvalue weighted by atomic mass is 16.1. The van der Waals surface area contributed by atoms with Crippen LogP contribution in [0.5, 0.6) is 0 Å². The fourth-order valence-electron chi connectivity index (χ4n) is 3.07. The van der Waals surface area contributed by atoms with E-state index >= 15 is 0 Å². The Morgan fingerprint density at radius 2 is 0.654 bits per heavy atom. The van der Waals surface area contributed by atoms with Gasteiger partial charge in [-0.3, -0.25) is 9.59 Å². The van der Waals surface area contributed by atoms with E-state index in [9.17, 15) is 9.59 Å². The van der Waals surface area contributed by atoms with Gasteiger partial charge >= 0.3 is 0 Å². The average molecular weight is 336 g/mol. The van der Waals surface area contributed by atoms with Crippen molar-refractivity contribution in [1.29, 1.82) is 0 Å². The number of carbonyl (C=O) groups excluding carboxylic acids is 2. The van der Waals surface area contributed by atoms with Gasteiger partial charge in [-0.15, -0.1) is 0 Å². The van der Waals surface area contributed by atoms with Crippen LogP contribution in [0.25, 0.3) is 32.3 Å². The van der Waals surface area contributed by atoms with Crippen molar-refractivity contribution >= 4 is 43.9 Å². The Bertz CT molecular complexity index is 1030. The van der Waals surface area contributed by atoms with Crippen molar-refractivity contribution in [2.24, 2.45) is 0 Å². The number of ketones is 2. The zero-order valence-corrected chi connectivity index (χ0v) is 14.1. The first-order valence-electron chi connectivity index (χ1n) is 8.44. The fourth-order valence-corrected chi connectivity index (χ4v) is 3.07. The Balaban J connectivity index is 0.000000178. The summed E-state index contributed by atoms with van der Waals surface area (Å²) in [6.07, 6.45) is 5.01. The van der Waals surface area contributed by atoms with Crippen LogP contribution in [0.15, 0.2) is 97.1 Å². The monoisotopic (exact) mass is 336 g/mol. The van der Waals surface area contributed by atoms with E-state index in [0.717, 1.165) is 0 Å². The van der Waals surface area contributed by atoms with E-state index in [1.54, 1.807) is 0 Å². The third kappa shape index (κ3) is 3.31. The first kappa shape index (κ1) is 16.0. The van der Waals surface area contributed by atoms with Gasteiger partial charge in [0.15, 0.2) is 11.6 Å². The SMILES string of the molecule is O=C1C=CC(=O)C=C1.c1ccc2cc3cc4ccccc4cc3cc2c1. The Morgan fingerprint density at radius 3 is 0.923 bits per heavy atom. The molecule has 0 amide bonds. The summed E-state index contributed by atoms with van der Waals surface area (Å²) >= 11 is 0. The van der Waals surface area contributed by atoms with Crippen LogP contribution in [-0.2, 0) is 9.59 Å². The van der Waals surface area contributed by atoms with Crippen molar-refractivity contribution in [2.45, 2.75) is 0 Å². The minimum absolute atomic E-state index is 0.121. The van der Waals surface area contributed by atoms with E-state index in [4.69, 9.17) is 0 Å². The lowest BCUT2D eigenvalue weighted by Gasteiger charge is -2.04. The Morgan fingerprint density at radius 1 is 0.385 bits per heavy atom. The first-order valence-corrected chi connectivity index (χ1v) is 8.44. The van der Waals surface area contributed by atoms with Gasteiger partial charge in [-0.2, -0.15) is 0 Å². The van der Waals surface area contributed by atoms with E-state index in [1.807, 2.05) is 0 Å². The molecule has 26 heavy (non-hydrogen) atoms. The largest absolute Gasteiger partial charge is 0.290 e. The highest BCUT2D eigenvalue weighted by Crippen LogP contribution is 2.27. The number of benzene rings is 4. The summed E-state index contributed by atoms with van der Waals surface area (Å²) in [5, 5.41) is 7.85. The highest BCUT2D eigenvalue weighted by Gasteiger charge is 2.00. The van der Waals surface area contributed by atoms with Crippen molar-refractivity contribution in [3.05, 3.63) is 97.1 Å². The van der Waals surface area contributed by atoms with Gasteiger partial charge in [0.05, 0.1) is 0 Å². The number of carbonyl (C=O) groups is 2. The van der Waals surface area contributed by atoms with Gasteiger partial charge in [0, 0.05) is 0 Å². The molecule has 0 radical (unpaired) electrons. The van der Waals surface area contributed by atoms with Crippen molar-refractivity contribution in [3.63, 3.8) is 0 Å². The smallest absolute Gasteiger partial charge is 0.178 e. The minimum Gasteiger partial charge on any atom is -0.290 e. The Hall–Kier alpha value is -3.52. The van der Waals surface area contributed by atoms with Crippen molar-refractivity contribution in [1.82, 2.24) is 0 Å². The first-order chi connectivity index (χ1) is 12.7. The number of hydrogen-bond donors (Lipinski definition) is 0. The van der Waals surface area contributed by atoms with Crippen molar-refractivity contribution < 1.29 is 9.59 Å². The van der Waals surface area contributed by atoms with Crippen LogP contribution in [0.2, 0.25) is 0 Å². The van der Waals surface area contributed by atoms with Gasteiger partial charge in [0.1, 0.15) is 0 Å².